The monoisotopic (exact) mass is 581 g/mol. The smallest absolute Gasteiger partial charge is 0.287 e. The lowest BCUT2D eigenvalue weighted by Crippen LogP contribution is -2.50. The zero-order valence-electron chi connectivity index (χ0n) is 21.2. The van der Waals surface area contributed by atoms with Gasteiger partial charge in [-0.3, -0.25) is 19.4 Å². The van der Waals surface area contributed by atoms with Crippen molar-refractivity contribution in [2.24, 2.45) is 0 Å². The maximum Gasteiger partial charge on any atom is 0.287 e. The van der Waals surface area contributed by atoms with E-state index in [1.54, 1.807) is 65.7 Å². The van der Waals surface area contributed by atoms with Gasteiger partial charge in [-0.1, -0.05) is 29.3 Å². The highest BCUT2D eigenvalue weighted by Crippen LogP contribution is 2.23. The second-order valence-corrected chi connectivity index (χ2v) is 10.1. The normalized spacial score (nSPS) is 15.6. The molecule has 0 spiro atoms. The molecule has 1 aliphatic rings. The number of hydrogen-bond donors (Lipinski definition) is 2. The van der Waals surface area contributed by atoms with Crippen molar-refractivity contribution in [3.05, 3.63) is 88.5 Å². The van der Waals surface area contributed by atoms with Crippen molar-refractivity contribution in [2.75, 3.05) is 19.6 Å². The average molecular weight is 582 g/mol. The summed E-state index contributed by atoms with van der Waals surface area (Å²) in [5.41, 5.74) is 1.09. The van der Waals surface area contributed by atoms with Crippen LogP contribution in [-0.2, 0) is 16.0 Å². The first-order valence-electron chi connectivity index (χ1n) is 12.6. The molecule has 3 amide bonds. The summed E-state index contributed by atoms with van der Waals surface area (Å²) in [6.45, 7) is 0.614. The minimum atomic E-state index is -1.00. The highest BCUT2D eigenvalue weighted by Gasteiger charge is 2.29. The largest absolute Gasteiger partial charge is 0.472 e. The fourth-order valence-electron chi connectivity index (χ4n) is 4.34. The third kappa shape index (κ3) is 6.88. The first kappa shape index (κ1) is 27.4. The van der Waals surface area contributed by atoms with Gasteiger partial charge in [0.25, 0.3) is 5.91 Å². The third-order valence-electron chi connectivity index (χ3n) is 6.36. The molecule has 4 aromatic rings. The Labute approximate surface area is 239 Å². The molecule has 0 saturated carbocycles. The molecule has 1 aliphatic heterocycles. The van der Waals surface area contributed by atoms with E-state index in [2.05, 4.69) is 20.6 Å². The van der Waals surface area contributed by atoms with Crippen molar-refractivity contribution in [3.8, 4) is 5.88 Å². The summed E-state index contributed by atoms with van der Waals surface area (Å²) in [5, 5.41) is 7.04. The number of hydrogen-bond acceptors (Lipinski definition) is 7. The summed E-state index contributed by atoms with van der Waals surface area (Å²) in [6, 6.07) is 14.2. The Morgan fingerprint density at radius 3 is 2.70 bits per heavy atom. The average Bonchev–Trinajstić information content (AvgIpc) is 3.60. The molecule has 0 unspecified atom stereocenters. The van der Waals surface area contributed by atoms with Crippen LogP contribution in [0.2, 0.25) is 10.0 Å². The topological polar surface area (TPSA) is 127 Å². The molecular formula is C28H25Cl2N5O5. The van der Waals surface area contributed by atoms with E-state index in [4.69, 9.17) is 32.4 Å². The van der Waals surface area contributed by atoms with Gasteiger partial charge in [-0.05, 0) is 42.5 Å². The van der Waals surface area contributed by atoms with Crippen molar-refractivity contribution >= 4 is 51.9 Å². The van der Waals surface area contributed by atoms with E-state index in [1.807, 2.05) is 0 Å². The molecule has 2 atom stereocenters. The number of nitrogens with one attached hydrogen (secondary N) is 2. The second-order valence-electron chi connectivity index (χ2n) is 9.24. The predicted octanol–water partition coefficient (Wildman–Crippen LogP) is 3.67. The first-order valence-corrected chi connectivity index (χ1v) is 13.3. The van der Waals surface area contributed by atoms with Gasteiger partial charge < -0.3 is 24.7 Å². The van der Waals surface area contributed by atoms with Gasteiger partial charge in [0, 0.05) is 53.9 Å². The van der Waals surface area contributed by atoms with E-state index >= 15 is 0 Å². The van der Waals surface area contributed by atoms with Crippen LogP contribution >= 0.6 is 23.2 Å². The highest BCUT2D eigenvalue weighted by atomic mass is 35.5. The van der Waals surface area contributed by atoms with E-state index in [1.165, 1.54) is 6.20 Å². The lowest BCUT2D eigenvalue weighted by Gasteiger charge is -2.20. The zero-order chi connectivity index (χ0) is 28.1. The maximum absolute atomic E-state index is 13.2. The Hall–Kier alpha value is -4.15. The second kappa shape index (κ2) is 12.4. The summed E-state index contributed by atoms with van der Waals surface area (Å²) in [6.07, 6.45) is 3.62. The van der Waals surface area contributed by atoms with Crippen LogP contribution in [0, 0.1) is 0 Å². The number of carbonyl (C=O) groups is 3. The van der Waals surface area contributed by atoms with Gasteiger partial charge >= 0.3 is 0 Å². The Morgan fingerprint density at radius 2 is 1.93 bits per heavy atom. The van der Waals surface area contributed by atoms with Gasteiger partial charge in [0.1, 0.15) is 17.7 Å². The van der Waals surface area contributed by atoms with Crippen molar-refractivity contribution in [2.45, 2.75) is 25.0 Å². The molecule has 2 N–H and O–H groups in total. The summed E-state index contributed by atoms with van der Waals surface area (Å²) in [5.74, 6) is -0.905. The van der Waals surface area contributed by atoms with E-state index < -0.39 is 17.9 Å². The lowest BCUT2D eigenvalue weighted by molar-refractivity contribution is -0.132. The molecule has 40 heavy (non-hydrogen) atoms. The number of halogens is 2. The summed E-state index contributed by atoms with van der Waals surface area (Å²) < 4.78 is 11.5. The molecular weight excluding hydrogens is 557 g/mol. The van der Waals surface area contributed by atoms with Gasteiger partial charge in [-0.25, -0.2) is 4.98 Å². The number of benzene rings is 1. The SMILES string of the molecule is O=C(N[C@@H](Cc1ccccn1)C(=O)NCC(=O)N1CC[C@@H](Oc2ccc(Cl)cn2)C1)c1cc2cc(Cl)ccc2o1. The molecule has 4 heterocycles. The van der Waals surface area contributed by atoms with Crippen LogP contribution < -0.4 is 15.4 Å². The number of pyridine rings is 2. The quantitative estimate of drug-likeness (QED) is 0.309. The number of likely N-dealkylation sites (tertiary alicyclic amines) is 1. The lowest BCUT2D eigenvalue weighted by atomic mass is 10.1. The Bertz CT molecular complexity index is 1510. The molecule has 0 radical (unpaired) electrons. The predicted molar refractivity (Wildman–Crippen MR) is 148 cm³/mol. The number of aromatic nitrogens is 2. The molecule has 0 bridgehead atoms. The van der Waals surface area contributed by atoms with Gasteiger partial charge in [0.15, 0.2) is 5.76 Å². The van der Waals surface area contributed by atoms with Crippen LogP contribution in [-0.4, -0.2) is 64.4 Å². The van der Waals surface area contributed by atoms with Crippen molar-refractivity contribution in [3.63, 3.8) is 0 Å². The molecule has 1 aromatic carbocycles. The zero-order valence-corrected chi connectivity index (χ0v) is 22.7. The molecule has 1 saturated heterocycles. The molecule has 3 aromatic heterocycles. The van der Waals surface area contributed by atoms with E-state index in [0.29, 0.717) is 52.1 Å². The molecule has 12 heteroatoms. The fraction of sp³-hybridized carbons (Fsp3) is 0.250. The minimum absolute atomic E-state index is 0.0328. The van der Waals surface area contributed by atoms with Crippen molar-refractivity contribution in [1.29, 1.82) is 0 Å². The fourth-order valence-corrected chi connectivity index (χ4v) is 4.64. The molecule has 1 fully saturated rings. The number of furan rings is 1. The van der Waals surface area contributed by atoms with E-state index in [-0.39, 0.29) is 30.7 Å². The first-order chi connectivity index (χ1) is 19.3. The van der Waals surface area contributed by atoms with Gasteiger partial charge in [-0.2, -0.15) is 0 Å². The maximum atomic E-state index is 13.2. The number of amides is 3. The summed E-state index contributed by atoms with van der Waals surface area (Å²) >= 11 is 11.9. The van der Waals surface area contributed by atoms with Crippen LogP contribution in [0.5, 0.6) is 5.88 Å². The van der Waals surface area contributed by atoms with Crippen LogP contribution in [0.25, 0.3) is 11.0 Å². The number of nitrogens with zero attached hydrogens (tertiary/aromatic N) is 3. The standard InChI is InChI=1S/C28H25Cl2N5O5/c29-18-4-6-23-17(11-18)12-24(40-23)28(38)34-22(13-20-3-1-2-9-31-20)27(37)33-15-26(36)35-10-8-21(16-35)39-25-7-5-19(30)14-32-25/h1-7,9,11-12,14,21-22H,8,10,13,15-16H2,(H,33,37)(H,34,38)/t21-,22+/m1/s1. The van der Waals surface area contributed by atoms with Gasteiger partial charge in [0.05, 0.1) is 18.1 Å². The molecule has 10 nitrogen and oxygen atoms in total. The highest BCUT2D eigenvalue weighted by molar-refractivity contribution is 6.31. The van der Waals surface area contributed by atoms with Crippen molar-refractivity contribution < 1.29 is 23.5 Å². The Balaban J connectivity index is 1.19. The van der Waals surface area contributed by atoms with E-state index in [9.17, 15) is 14.4 Å². The molecule has 0 aliphatic carbocycles. The van der Waals surface area contributed by atoms with E-state index in [0.717, 1.165) is 0 Å². The molecule has 206 valence electrons. The Morgan fingerprint density at radius 1 is 1.07 bits per heavy atom. The summed E-state index contributed by atoms with van der Waals surface area (Å²) in [7, 11) is 0. The van der Waals surface area contributed by atoms with Gasteiger partial charge in [-0.15, -0.1) is 0 Å². The molecule has 5 rings (SSSR count). The number of rotatable bonds is 9. The van der Waals surface area contributed by atoms with Crippen LogP contribution in [0.15, 0.2) is 71.4 Å². The minimum Gasteiger partial charge on any atom is -0.472 e. The van der Waals surface area contributed by atoms with Crippen LogP contribution in [0.1, 0.15) is 22.7 Å². The van der Waals surface area contributed by atoms with Gasteiger partial charge in [0.2, 0.25) is 17.7 Å². The number of fused-ring (bicyclic) bond motifs is 1. The summed E-state index contributed by atoms with van der Waals surface area (Å²) in [4.78, 5) is 49.0. The number of ether oxygens (including phenoxy) is 1. The Kier molecular flexibility index (Phi) is 8.47. The van der Waals surface area contributed by atoms with Crippen LogP contribution in [0.3, 0.4) is 0 Å². The third-order valence-corrected chi connectivity index (χ3v) is 6.82. The number of carbonyl (C=O) groups excluding carboxylic acids is 3. The van der Waals surface area contributed by atoms with Crippen LogP contribution in [0.4, 0.5) is 0 Å². The van der Waals surface area contributed by atoms with Crippen molar-refractivity contribution in [1.82, 2.24) is 25.5 Å².